The first-order valence-electron chi connectivity index (χ1n) is 27.4. The number of rotatable bonds is 25. The van der Waals surface area contributed by atoms with E-state index in [2.05, 4.69) is 193 Å². The van der Waals surface area contributed by atoms with Crippen LogP contribution in [0.5, 0.6) is 5.75 Å². The van der Waals surface area contributed by atoms with Crippen molar-refractivity contribution in [2.75, 3.05) is 65.7 Å². The molecule has 0 N–H and O–H groups in total. The number of hydrogen-bond donors (Lipinski definition) is 0. The molecular weight excluding hydrogens is 895 g/mol. The molecule has 73 heavy (non-hydrogen) atoms. The Labute approximate surface area is 437 Å². The van der Waals surface area contributed by atoms with Gasteiger partial charge in [-0.2, -0.15) is 0 Å². The molecule has 1 atom stereocenters. The van der Waals surface area contributed by atoms with E-state index in [9.17, 15) is 0 Å². The number of hydrogen-bond acceptors (Lipinski definition) is 5. The molecule has 9 rings (SSSR count). The highest BCUT2D eigenvalue weighted by Gasteiger charge is 2.47. The molecule has 2 aliphatic carbocycles. The lowest BCUT2D eigenvalue weighted by molar-refractivity contribution is 0.0180. The molecule has 5 nitrogen and oxygen atoms in total. The van der Waals surface area contributed by atoms with Crippen LogP contribution in [0.25, 0.3) is 33.4 Å². The van der Waals surface area contributed by atoms with Crippen LogP contribution < -0.4 is 9.64 Å². The third-order valence-corrected chi connectivity index (χ3v) is 15.9. The Bertz CT molecular complexity index is 2910. The summed E-state index contributed by atoms with van der Waals surface area (Å²) in [4.78, 5) is 2.16. The van der Waals surface area contributed by atoms with Crippen molar-refractivity contribution in [1.82, 2.24) is 0 Å². The number of methoxy groups -OCH3 is 1. The first-order valence-corrected chi connectivity index (χ1v) is 27.4. The highest BCUT2D eigenvalue weighted by atomic mass is 16.6. The maximum Gasteiger partial charge on any atom is 0.142 e. The van der Waals surface area contributed by atoms with Gasteiger partial charge in [-0.25, -0.2) is 0 Å². The Kier molecular flexibility index (Phi) is 16.7. The molecule has 7 aromatic carbocycles. The highest BCUT2D eigenvalue weighted by Crippen LogP contribution is 2.58. The molecule has 0 saturated carbocycles. The SMILES string of the molecule is CCCCCCc1ccc(C2(c3ccc(CCCCCC)cc3)c3cc(C)ccc3-c3ccc(-c4ccc5c(c4)C(C)(c4ccc(OCCOCCOCCOC)c(N(C)C)c4)c4cc(C)ccc4-5)cc32)cc1. The van der Waals surface area contributed by atoms with Gasteiger partial charge in [-0.05, 0) is 154 Å². The Morgan fingerprint density at radius 2 is 0.890 bits per heavy atom. The van der Waals surface area contributed by atoms with Gasteiger partial charge in [0.2, 0.25) is 0 Å². The van der Waals surface area contributed by atoms with Crippen molar-refractivity contribution in [2.45, 2.75) is 110 Å². The summed E-state index contributed by atoms with van der Waals surface area (Å²) in [5, 5.41) is 0. The van der Waals surface area contributed by atoms with Crippen LogP contribution in [0, 0.1) is 13.8 Å². The Hall–Kier alpha value is -5.98. The molecule has 0 saturated heterocycles. The van der Waals surface area contributed by atoms with Crippen molar-refractivity contribution in [2.24, 2.45) is 0 Å². The van der Waals surface area contributed by atoms with Gasteiger partial charge in [0.15, 0.2) is 0 Å². The van der Waals surface area contributed by atoms with Crippen molar-refractivity contribution < 1.29 is 18.9 Å². The summed E-state index contributed by atoms with van der Waals surface area (Å²) in [6.07, 6.45) is 12.4. The fourth-order valence-electron chi connectivity index (χ4n) is 11.9. The zero-order chi connectivity index (χ0) is 51.0. The van der Waals surface area contributed by atoms with Crippen LogP contribution in [0.1, 0.15) is 133 Å². The van der Waals surface area contributed by atoms with Crippen LogP contribution >= 0.6 is 0 Å². The predicted octanol–water partition coefficient (Wildman–Crippen LogP) is 16.0. The molecule has 5 heteroatoms. The predicted molar refractivity (Wildman–Crippen MR) is 305 cm³/mol. The molecule has 7 aromatic rings. The van der Waals surface area contributed by atoms with Crippen molar-refractivity contribution in [3.05, 3.63) is 201 Å². The Morgan fingerprint density at radius 1 is 0.438 bits per heavy atom. The van der Waals surface area contributed by atoms with Crippen molar-refractivity contribution in [3.63, 3.8) is 0 Å². The second kappa shape index (κ2) is 23.5. The Balaban J connectivity index is 1.12. The van der Waals surface area contributed by atoms with Crippen LogP contribution in [-0.4, -0.2) is 60.8 Å². The standard InChI is InChI=1S/C68H79NO4/c1-9-11-13-15-17-50-21-27-54(28-22-50)68(55-29-23-51(24-30-55)18-16-14-12-10-2)63-44-49(4)20-33-59(63)60-35-26-53(46-64(60)68)52-25-34-58-57-32-19-48(3)43-61(57)67(5,62(58)45-52)56-31-36-66(65(47-56)69(6)7)73-42-41-72-40-39-71-38-37-70-8/h19-36,43-47H,9-18,37-42H2,1-8H3. The molecule has 0 aromatic heterocycles. The van der Waals surface area contributed by atoms with E-state index >= 15 is 0 Å². The van der Waals surface area contributed by atoms with E-state index in [1.54, 1.807) is 7.11 Å². The minimum Gasteiger partial charge on any atom is -0.489 e. The number of aryl methyl sites for hydroxylation is 4. The van der Waals surface area contributed by atoms with Crippen LogP contribution in [0.3, 0.4) is 0 Å². The van der Waals surface area contributed by atoms with E-state index in [1.807, 2.05) is 0 Å². The summed E-state index contributed by atoms with van der Waals surface area (Å²) < 4.78 is 22.9. The molecule has 0 spiro atoms. The minimum atomic E-state index is -0.496. The summed E-state index contributed by atoms with van der Waals surface area (Å²) in [5.41, 5.74) is 22.5. The number of benzene rings is 7. The fourth-order valence-corrected chi connectivity index (χ4v) is 11.9. The van der Waals surface area contributed by atoms with Gasteiger partial charge >= 0.3 is 0 Å². The monoisotopic (exact) mass is 974 g/mol. The molecular formula is C68H79NO4. The van der Waals surface area contributed by atoms with E-state index in [-0.39, 0.29) is 0 Å². The molecule has 0 aliphatic heterocycles. The van der Waals surface area contributed by atoms with E-state index < -0.39 is 10.8 Å². The number of nitrogens with zero attached hydrogens (tertiary/aromatic N) is 1. The van der Waals surface area contributed by atoms with Gasteiger partial charge in [0, 0.05) is 26.6 Å². The van der Waals surface area contributed by atoms with Gasteiger partial charge < -0.3 is 23.8 Å². The number of ether oxygens (including phenoxy) is 4. The average molecular weight is 974 g/mol. The largest absolute Gasteiger partial charge is 0.489 e. The van der Waals surface area contributed by atoms with Crippen molar-refractivity contribution in [1.29, 1.82) is 0 Å². The van der Waals surface area contributed by atoms with Gasteiger partial charge in [-0.15, -0.1) is 0 Å². The van der Waals surface area contributed by atoms with Crippen LogP contribution in [-0.2, 0) is 37.9 Å². The van der Waals surface area contributed by atoms with Crippen LogP contribution in [0.15, 0.2) is 140 Å². The summed E-state index contributed by atoms with van der Waals surface area (Å²) >= 11 is 0. The second-order valence-electron chi connectivity index (χ2n) is 21.2. The second-order valence-corrected chi connectivity index (χ2v) is 21.2. The van der Waals surface area contributed by atoms with Crippen LogP contribution in [0.2, 0.25) is 0 Å². The zero-order valence-corrected chi connectivity index (χ0v) is 45.2. The topological polar surface area (TPSA) is 40.2 Å². The molecule has 0 heterocycles. The van der Waals surface area contributed by atoms with E-state index in [0.29, 0.717) is 39.6 Å². The maximum absolute atomic E-state index is 6.41. The molecule has 2 aliphatic rings. The lowest BCUT2D eigenvalue weighted by Crippen LogP contribution is -2.29. The quantitative estimate of drug-likeness (QED) is 0.0534. The number of fused-ring (bicyclic) bond motifs is 6. The molecule has 0 bridgehead atoms. The third kappa shape index (κ3) is 10.6. The fraction of sp³-hybridized carbons (Fsp3) is 0.382. The van der Waals surface area contributed by atoms with Gasteiger partial charge in [0.05, 0.1) is 44.1 Å². The molecule has 0 fully saturated rings. The lowest BCUT2D eigenvalue weighted by atomic mass is 9.67. The minimum absolute atomic E-state index is 0.424. The first kappa shape index (κ1) is 51.9. The summed E-state index contributed by atoms with van der Waals surface area (Å²) in [6, 6.07) is 55.0. The normalized spacial score (nSPS) is 15.0. The van der Waals surface area contributed by atoms with Gasteiger partial charge in [0.25, 0.3) is 0 Å². The maximum atomic E-state index is 6.41. The highest BCUT2D eigenvalue weighted by molar-refractivity contribution is 5.90. The van der Waals surface area contributed by atoms with Gasteiger partial charge in [-0.3, -0.25) is 0 Å². The van der Waals surface area contributed by atoms with E-state index in [4.69, 9.17) is 18.9 Å². The number of unbranched alkanes of at least 4 members (excludes halogenated alkanes) is 6. The molecule has 0 radical (unpaired) electrons. The van der Waals surface area contributed by atoms with E-state index in [1.165, 1.54) is 146 Å². The third-order valence-electron chi connectivity index (χ3n) is 15.9. The van der Waals surface area contributed by atoms with Crippen molar-refractivity contribution in [3.8, 4) is 39.1 Å². The Morgan fingerprint density at radius 3 is 1.42 bits per heavy atom. The van der Waals surface area contributed by atoms with Gasteiger partial charge in [0.1, 0.15) is 12.4 Å². The zero-order valence-electron chi connectivity index (χ0n) is 45.2. The summed E-state index contributed by atoms with van der Waals surface area (Å²) in [7, 11) is 5.87. The van der Waals surface area contributed by atoms with Gasteiger partial charge in [-0.1, -0.05) is 179 Å². The van der Waals surface area contributed by atoms with Crippen molar-refractivity contribution >= 4 is 5.69 Å². The first-order chi connectivity index (χ1) is 35.6. The molecule has 380 valence electrons. The summed E-state index contributed by atoms with van der Waals surface area (Å²) in [5.74, 6) is 0.842. The lowest BCUT2D eigenvalue weighted by Gasteiger charge is -2.34. The summed E-state index contributed by atoms with van der Waals surface area (Å²) in [6.45, 7) is 14.6. The van der Waals surface area contributed by atoms with E-state index in [0.717, 1.165) is 24.3 Å². The van der Waals surface area contributed by atoms with Crippen LogP contribution in [0.4, 0.5) is 5.69 Å². The average Bonchev–Trinajstić information content (AvgIpc) is 3.84. The number of anilines is 1. The molecule has 1 unspecified atom stereocenters. The smallest absolute Gasteiger partial charge is 0.142 e. The molecule has 0 amide bonds.